The zero-order valence-electron chi connectivity index (χ0n) is 8.79. The molecule has 3 heteroatoms. The Morgan fingerprint density at radius 3 is 2.93 bits per heavy atom. The van der Waals surface area contributed by atoms with Gasteiger partial charge in [0.1, 0.15) is 0 Å². The Morgan fingerprint density at radius 1 is 1.47 bits per heavy atom. The first-order valence-corrected chi connectivity index (χ1v) is 5.41. The molecule has 0 amide bonds. The lowest BCUT2D eigenvalue weighted by Gasteiger charge is -2.08. The van der Waals surface area contributed by atoms with Crippen LogP contribution in [0.2, 0.25) is 0 Å². The number of aryl methyl sites for hydroxylation is 1. The minimum atomic E-state index is -0.149. The second-order valence-electron chi connectivity index (χ2n) is 4.32. The van der Waals surface area contributed by atoms with Crippen molar-refractivity contribution in [1.29, 1.82) is 0 Å². The molecule has 3 nitrogen and oxygen atoms in total. The quantitative estimate of drug-likeness (QED) is 0.813. The molecule has 1 heterocycles. The average molecular weight is 202 g/mol. The highest BCUT2D eigenvalue weighted by molar-refractivity contribution is 5.83. The fourth-order valence-electron chi connectivity index (χ4n) is 2.06. The lowest BCUT2D eigenvalue weighted by molar-refractivity contribution is 0.442. The van der Waals surface area contributed by atoms with E-state index in [-0.39, 0.29) is 5.54 Å². The number of nitrogens with zero attached hydrogens (tertiary/aromatic N) is 1. The fraction of sp³-hybridized carbons (Fsp3) is 0.417. The van der Waals surface area contributed by atoms with Gasteiger partial charge in [-0.2, -0.15) is 0 Å². The van der Waals surface area contributed by atoms with Gasteiger partial charge in [0.25, 0.3) is 0 Å². The SMILES string of the molecule is CCc1noc2c(C3(N)CC3)cccc12. The van der Waals surface area contributed by atoms with Crippen LogP contribution < -0.4 is 5.73 Å². The minimum Gasteiger partial charge on any atom is -0.356 e. The Kier molecular flexibility index (Phi) is 1.68. The second-order valence-corrected chi connectivity index (χ2v) is 4.32. The van der Waals surface area contributed by atoms with Gasteiger partial charge in [-0.1, -0.05) is 24.2 Å². The molecule has 15 heavy (non-hydrogen) atoms. The van der Waals surface area contributed by atoms with E-state index < -0.39 is 0 Å². The van der Waals surface area contributed by atoms with Crippen LogP contribution in [0.3, 0.4) is 0 Å². The van der Waals surface area contributed by atoms with Crippen molar-refractivity contribution in [2.45, 2.75) is 31.7 Å². The first kappa shape index (κ1) is 8.92. The Bertz CT molecular complexity index is 511. The van der Waals surface area contributed by atoms with E-state index in [1.807, 2.05) is 6.07 Å². The Labute approximate surface area is 88.2 Å². The summed E-state index contributed by atoms with van der Waals surface area (Å²) in [6, 6.07) is 6.15. The predicted octanol–water partition coefficient (Wildman–Crippen LogP) is 2.34. The topological polar surface area (TPSA) is 52.0 Å². The van der Waals surface area contributed by atoms with Gasteiger partial charge in [0.05, 0.1) is 5.69 Å². The number of nitrogens with two attached hydrogens (primary N) is 1. The third kappa shape index (κ3) is 1.20. The number of hydrogen-bond acceptors (Lipinski definition) is 3. The van der Waals surface area contributed by atoms with Crippen molar-refractivity contribution < 1.29 is 4.52 Å². The Hall–Kier alpha value is -1.35. The molecule has 2 aromatic rings. The van der Waals surface area contributed by atoms with Crippen LogP contribution in [0.15, 0.2) is 22.7 Å². The summed E-state index contributed by atoms with van der Waals surface area (Å²) in [5.41, 5.74) is 9.07. The van der Waals surface area contributed by atoms with Crippen molar-refractivity contribution in [2.75, 3.05) is 0 Å². The largest absolute Gasteiger partial charge is 0.356 e. The molecule has 0 atom stereocenters. The molecule has 1 aromatic heterocycles. The summed E-state index contributed by atoms with van der Waals surface area (Å²) < 4.78 is 5.41. The van der Waals surface area contributed by atoms with Gasteiger partial charge in [-0.3, -0.25) is 0 Å². The van der Waals surface area contributed by atoms with Gasteiger partial charge in [0.15, 0.2) is 5.58 Å². The highest BCUT2D eigenvalue weighted by atomic mass is 16.5. The van der Waals surface area contributed by atoms with Crippen LogP contribution in [0.5, 0.6) is 0 Å². The second kappa shape index (κ2) is 2.83. The minimum absolute atomic E-state index is 0.149. The van der Waals surface area contributed by atoms with Crippen LogP contribution >= 0.6 is 0 Å². The fourth-order valence-corrected chi connectivity index (χ4v) is 2.06. The van der Waals surface area contributed by atoms with Gasteiger partial charge >= 0.3 is 0 Å². The molecule has 0 radical (unpaired) electrons. The lowest BCUT2D eigenvalue weighted by atomic mass is 10.0. The summed E-state index contributed by atoms with van der Waals surface area (Å²) in [6.07, 6.45) is 3.00. The molecule has 2 N–H and O–H groups in total. The maximum Gasteiger partial charge on any atom is 0.172 e. The molecule has 78 valence electrons. The maximum atomic E-state index is 6.20. The maximum absolute atomic E-state index is 6.20. The number of fused-ring (bicyclic) bond motifs is 1. The molecule has 0 spiro atoms. The third-order valence-corrected chi connectivity index (χ3v) is 3.23. The first-order valence-electron chi connectivity index (χ1n) is 5.41. The number of para-hydroxylation sites is 1. The van der Waals surface area contributed by atoms with Crippen LogP contribution in [0, 0.1) is 0 Å². The molecule has 1 fully saturated rings. The standard InChI is InChI=1S/C12H14N2O/c1-2-10-8-4-3-5-9(11(8)15-14-10)12(13)6-7-12/h3-5H,2,6-7,13H2,1H3. The molecule has 1 aromatic carbocycles. The summed E-state index contributed by atoms with van der Waals surface area (Å²) in [5.74, 6) is 0. The van der Waals surface area contributed by atoms with Crippen LogP contribution in [0.25, 0.3) is 11.0 Å². The van der Waals surface area contributed by atoms with E-state index in [0.29, 0.717) is 0 Å². The Morgan fingerprint density at radius 2 is 2.27 bits per heavy atom. The molecule has 0 saturated heterocycles. The van der Waals surface area contributed by atoms with Crippen LogP contribution in [0.4, 0.5) is 0 Å². The molecule has 0 bridgehead atoms. The molecule has 0 unspecified atom stereocenters. The van der Waals surface area contributed by atoms with Gasteiger partial charge < -0.3 is 10.3 Å². The molecule has 1 aliphatic rings. The summed E-state index contributed by atoms with van der Waals surface area (Å²) in [4.78, 5) is 0. The van der Waals surface area contributed by atoms with E-state index in [9.17, 15) is 0 Å². The average Bonchev–Trinajstić information content (AvgIpc) is 2.87. The summed E-state index contributed by atoms with van der Waals surface area (Å²) in [5, 5.41) is 5.20. The lowest BCUT2D eigenvalue weighted by Crippen LogP contribution is -2.18. The van der Waals surface area contributed by atoms with Crippen molar-refractivity contribution in [3.8, 4) is 0 Å². The van der Waals surface area contributed by atoms with Gasteiger partial charge in [-0.25, -0.2) is 0 Å². The van der Waals surface area contributed by atoms with Crippen molar-refractivity contribution in [3.63, 3.8) is 0 Å². The number of hydrogen-bond donors (Lipinski definition) is 1. The monoisotopic (exact) mass is 202 g/mol. The smallest absolute Gasteiger partial charge is 0.172 e. The highest BCUT2D eigenvalue weighted by Gasteiger charge is 2.42. The normalized spacial score (nSPS) is 18.3. The zero-order valence-corrected chi connectivity index (χ0v) is 8.79. The number of aromatic nitrogens is 1. The van der Waals surface area contributed by atoms with Crippen molar-refractivity contribution in [1.82, 2.24) is 5.16 Å². The van der Waals surface area contributed by atoms with E-state index in [0.717, 1.165) is 41.5 Å². The van der Waals surface area contributed by atoms with Gasteiger partial charge in [0.2, 0.25) is 0 Å². The third-order valence-electron chi connectivity index (χ3n) is 3.23. The molecule has 1 saturated carbocycles. The van der Waals surface area contributed by atoms with E-state index in [2.05, 4.69) is 24.2 Å². The van der Waals surface area contributed by atoms with Gasteiger partial charge in [-0.05, 0) is 25.3 Å². The van der Waals surface area contributed by atoms with E-state index >= 15 is 0 Å². The van der Waals surface area contributed by atoms with Crippen molar-refractivity contribution >= 4 is 11.0 Å². The van der Waals surface area contributed by atoms with E-state index in [4.69, 9.17) is 10.3 Å². The molecule has 1 aliphatic carbocycles. The summed E-state index contributed by atoms with van der Waals surface area (Å²) in [7, 11) is 0. The molecular weight excluding hydrogens is 188 g/mol. The zero-order chi connectivity index (χ0) is 10.5. The summed E-state index contributed by atoms with van der Waals surface area (Å²) >= 11 is 0. The Balaban J connectivity index is 2.27. The number of benzene rings is 1. The molecule has 0 aliphatic heterocycles. The van der Waals surface area contributed by atoms with Crippen LogP contribution in [-0.2, 0) is 12.0 Å². The molecule has 3 rings (SSSR count). The van der Waals surface area contributed by atoms with E-state index in [1.54, 1.807) is 0 Å². The predicted molar refractivity (Wildman–Crippen MR) is 58.5 cm³/mol. The van der Waals surface area contributed by atoms with Gasteiger partial charge in [-0.15, -0.1) is 0 Å². The van der Waals surface area contributed by atoms with Crippen LogP contribution in [-0.4, -0.2) is 5.16 Å². The number of rotatable bonds is 2. The summed E-state index contributed by atoms with van der Waals surface area (Å²) in [6.45, 7) is 2.08. The van der Waals surface area contributed by atoms with Crippen molar-refractivity contribution in [2.24, 2.45) is 5.73 Å². The van der Waals surface area contributed by atoms with Gasteiger partial charge in [0, 0.05) is 16.5 Å². The molecular formula is C12H14N2O. The first-order chi connectivity index (χ1) is 7.24. The highest BCUT2D eigenvalue weighted by Crippen LogP contribution is 2.45. The van der Waals surface area contributed by atoms with Crippen LogP contribution in [0.1, 0.15) is 31.0 Å². The van der Waals surface area contributed by atoms with Crippen molar-refractivity contribution in [3.05, 3.63) is 29.5 Å². The van der Waals surface area contributed by atoms with E-state index in [1.165, 1.54) is 0 Å².